The molecule has 7 nitrogen and oxygen atoms in total. The molecule has 37 heavy (non-hydrogen) atoms. The largest absolute Gasteiger partial charge is 0.352 e. The Morgan fingerprint density at radius 3 is 2.14 bits per heavy atom. The summed E-state index contributed by atoms with van der Waals surface area (Å²) in [4.78, 5) is 28.4. The van der Waals surface area contributed by atoms with Crippen LogP contribution in [0.1, 0.15) is 37.5 Å². The van der Waals surface area contributed by atoms with E-state index in [1.165, 1.54) is 17.0 Å². The van der Waals surface area contributed by atoms with Crippen LogP contribution in [-0.2, 0) is 26.2 Å². The summed E-state index contributed by atoms with van der Waals surface area (Å²) >= 11 is 0. The topological polar surface area (TPSA) is 86.8 Å². The van der Waals surface area contributed by atoms with Crippen molar-refractivity contribution < 1.29 is 18.0 Å². The molecule has 0 unspecified atom stereocenters. The van der Waals surface area contributed by atoms with Gasteiger partial charge >= 0.3 is 0 Å². The smallest absolute Gasteiger partial charge is 0.264 e. The van der Waals surface area contributed by atoms with Gasteiger partial charge in [-0.05, 0) is 63.9 Å². The standard InChI is InChI=1S/C29H35N3O4S/c1-21(2)30-29(34)24(5)31(19-25-14-11-12-22(3)18-25)28(33)20-32(27-17-10-9-13-23(27)4)37(35,36)26-15-7-6-8-16-26/h6-18,21,24H,19-20H2,1-5H3,(H,30,34)/t24-/m1/s1. The van der Waals surface area contributed by atoms with Gasteiger partial charge in [0, 0.05) is 12.6 Å². The van der Waals surface area contributed by atoms with Crippen LogP contribution in [0.3, 0.4) is 0 Å². The van der Waals surface area contributed by atoms with E-state index in [1.54, 1.807) is 50.2 Å². The van der Waals surface area contributed by atoms with Crippen molar-refractivity contribution in [2.45, 2.75) is 58.1 Å². The van der Waals surface area contributed by atoms with Crippen molar-refractivity contribution in [3.05, 3.63) is 95.6 Å². The third kappa shape index (κ3) is 6.98. The number of para-hydroxylation sites is 1. The molecule has 1 N–H and O–H groups in total. The summed E-state index contributed by atoms with van der Waals surface area (Å²) in [6.45, 7) is 8.84. The fourth-order valence-corrected chi connectivity index (χ4v) is 5.57. The Labute approximate surface area is 220 Å². The molecule has 0 radical (unpaired) electrons. The monoisotopic (exact) mass is 521 g/mol. The van der Waals surface area contributed by atoms with Gasteiger partial charge in [0.15, 0.2) is 0 Å². The Bertz CT molecular complexity index is 1340. The number of amides is 2. The number of nitrogens with zero attached hydrogens (tertiary/aromatic N) is 2. The number of rotatable bonds is 10. The number of hydrogen-bond acceptors (Lipinski definition) is 4. The van der Waals surface area contributed by atoms with E-state index in [2.05, 4.69) is 5.32 Å². The molecule has 0 aliphatic carbocycles. The predicted octanol–water partition coefficient (Wildman–Crippen LogP) is 4.44. The second-order valence-corrected chi connectivity index (χ2v) is 11.3. The fraction of sp³-hybridized carbons (Fsp3) is 0.310. The van der Waals surface area contributed by atoms with Gasteiger partial charge in [-0.25, -0.2) is 8.42 Å². The summed E-state index contributed by atoms with van der Waals surface area (Å²) in [6.07, 6.45) is 0. The molecule has 0 saturated heterocycles. The molecule has 0 aromatic heterocycles. The van der Waals surface area contributed by atoms with Gasteiger partial charge in [0.25, 0.3) is 10.0 Å². The molecular weight excluding hydrogens is 486 g/mol. The van der Waals surface area contributed by atoms with Crippen LogP contribution >= 0.6 is 0 Å². The summed E-state index contributed by atoms with van der Waals surface area (Å²) in [5.74, 6) is -0.778. The van der Waals surface area contributed by atoms with E-state index in [-0.39, 0.29) is 23.4 Å². The van der Waals surface area contributed by atoms with Crippen molar-refractivity contribution in [1.82, 2.24) is 10.2 Å². The minimum absolute atomic E-state index is 0.0851. The highest BCUT2D eigenvalue weighted by Crippen LogP contribution is 2.27. The van der Waals surface area contributed by atoms with Crippen molar-refractivity contribution in [2.75, 3.05) is 10.8 Å². The van der Waals surface area contributed by atoms with Gasteiger partial charge in [0.05, 0.1) is 10.6 Å². The normalized spacial score (nSPS) is 12.2. The number of nitrogens with one attached hydrogen (secondary N) is 1. The maximum absolute atomic E-state index is 13.9. The summed E-state index contributed by atoms with van der Waals surface area (Å²) < 4.78 is 28.7. The highest BCUT2D eigenvalue weighted by Gasteiger charge is 2.33. The van der Waals surface area contributed by atoms with Gasteiger partial charge in [-0.3, -0.25) is 13.9 Å². The highest BCUT2D eigenvalue weighted by molar-refractivity contribution is 7.92. The third-order valence-electron chi connectivity index (χ3n) is 6.03. The first kappa shape index (κ1) is 27.9. The third-order valence-corrected chi connectivity index (χ3v) is 7.80. The maximum Gasteiger partial charge on any atom is 0.264 e. The number of carbonyl (C=O) groups is 2. The van der Waals surface area contributed by atoms with Crippen LogP contribution in [0.4, 0.5) is 5.69 Å². The Morgan fingerprint density at radius 2 is 1.51 bits per heavy atom. The summed E-state index contributed by atoms with van der Waals surface area (Å²) in [5, 5.41) is 2.86. The van der Waals surface area contributed by atoms with Crippen LogP contribution in [0, 0.1) is 13.8 Å². The first-order valence-electron chi connectivity index (χ1n) is 12.3. The molecule has 1 atom stereocenters. The van der Waals surface area contributed by atoms with Gasteiger partial charge in [0.1, 0.15) is 12.6 Å². The van der Waals surface area contributed by atoms with E-state index in [0.717, 1.165) is 15.4 Å². The quantitative estimate of drug-likeness (QED) is 0.427. The average molecular weight is 522 g/mol. The van der Waals surface area contributed by atoms with Crippen LogP contribution in [0.25, 0.3) is 0 Å². The van der Waals surface area contributed by atoms with E-state index < -0.39 is 28.5 Å². The molecule has 0 heterocycles. The van der Waals surface area contributed by atoms with E-state index in [9.17, 15) is 18.0 Å². The lowest BCUT2D eigenvalue weighted by Crippen LogP contribution is -2.52. The summed E-state index contributed by atoms with van der Waals surface area (Å²) in [5.41, 5.74) is 3.00. The lowest BCUT2D eigenvalue weighted by atomic mass is 10.1. The Kier molecular flexibility index (Phi) is 9.10. The number of carbonyl (C=O) groups excluding carboxylic acids is 2. The summed E-state index contributed by atoms with van der Waals surface area (Å²) in [7, 11) is -4.06. The fourth-order valence-electron chi connectivity index (χ4n) is 4.07. The zero-order valence-electron chi connectivity index (χ0n) is 22.0. The minimum atomic E-state index is -4.06. The molecule has 8 heteroatoms. The van der Waals surface area contributed by atoms with Gasteiger partial charge in [-0.15, -0.1) is 0 Å². The van der Waals surface area contributed by atoms with Crippen molar-refractivity contribution >= 4 is 27.5 Å². The molecule has 0 spiro atoms. The molecule has 2 amide bonds. The molecule has 196 valence electrons. The second-order valence-electron chi connectivity index (χ2n) is 9.46. The number of aryl methyl sites for hydroxylation is 2. The second kappa shape index (κ2) is 12.1. The van der Waals surface area contributed by atoms with Crippen LogP contribution in [0.2, 0.25) is 0 Å². The number of sulfonamides is 1. The van der Waals surface area contributed by atoms with Gasteiger partial charge in [-0.1, -0.05) is 66.2 Å². The van der Waals surface area contributed by atoms with Crippen LogP contribution < -0.4 is 9.62 Å². The molecule has 3 rings (SSSR count). The van der Waals surface area contributed by atoms with E-state index in [0.29, 0.717) is 11.3 Å². The van der Waals surface area contributed by atoms with Crippen LogP contribution in [0.15, 0.2) is 83.8 Å². The SMILES string of the molecule is Cc1cccc(CN(C(=O)CN(c2ccccc2C)S(=O)(=O)c2ccccc2)[C@H](C)C(=O)NC(C)C)c1. The van der Waals surface area contributed by atoms with Crippen molar-refractivity contribution in [1.29, 1.82) is 0 Å². The van der Waals surface area contributed by atoms with E-state index in [4.69, 9.17) is 0 Å². The number of anilines is 1. The molecule has 0 saturated carbocycles. The van der Waals surface area contributed by atoms with Gasteiger partial charge in [0.2, 0.25) is 11.8 Å². The molecule has 3 aromatic carbocycles. The average Bonchev–Trinajstić information content (AvgIpc) is 2.86. The molecule has 0 aliphatic heterocycles. The molecule has 0 aliphatic rings. The Morgan fingerprint density at radius 1 is 0.865 bits per heavy atom. The summed E-state index contributed by atoms with van der Waals surface area (Å²) in [6, 6.07) is 21.9. The van der Waals surface area contributed by atoms with Gasteiger partial charge < -0.3 is 10.2 Å². The molecular formula is C29H35N3O4S. The minimum Gasteiger partial charge on any atom is -0.352 e. The molecule has 0 bridgehead atoms. The predicted molar refractivity (Wildman–Crippen MR) is 147 cm³/mol. The first-order valence-corrected chi connectivity index (χ1v) is 13.7. The van der Waals surface area contributed by atoms with Crippen LogP contribution in [0.5, 0.6) is 0 Å². The van der Waals surface area contributed by atoms with E-state index >= 15 is 0 Å². The van der Waals surface area contributed by atoms with E-state index in [1.807, 2.05) is 51.1 Å². The molecule has 3 aromatic rings. The Balaban J connectivity index is 2.03. The van der Waals surface area contributed by atoms with Gasteiger partial charge in [-0.2, -0.15) is 0 Å². The highest BCUT2D eigenvalue weighted by atomic mass is 32.2. The first-order chi connectivity index (χ1) is 17.5. The number of benzene rings is 3. The van der Waals surface area contributed by atoms with Crippen molar-refractivity contribution in [2.24, 2.45) is 0 Å². The zero-order valence-corrected chi connectivity index (χ0v) is 22.8. The lowest BCUT2D eigenvalue weighted by molar-refractivity contribution is -0.139. The lowest BCUT2D eigenvalue weighted by Gasteiger charge is -2.32. The van der Waals surface area contributed by atoms with Crippen LogP contribution in [-0.4, -0.2) is 43.8 Å². The molecule has 0 fully saturated rings. The maximum atomic E-state index is 13.9. The Hall–Kier alpha value is -3.65. The van der Waals surface area contributed by atoms with Crippen molar-refractivity contribution in [3.8, 4) is 0 Å². The van der Waals surface area contributed by atoms with Crippen molar-refractivity contribution in [3.63, 3.8) is 0 Å². The zero-order chi connectivity index (χ0) is 27.2. The number of hydrogen-bond donors (Lipinski definition) is 1.